The van der Waals surface area contributed by atoms with Gasteiger partial charge in [0.15, 0.2) is 5.11 Å². The van der Waals surface area contributed by atoms with E-state index in [1.54, 1.807) is 4.68 Å². The van der Waals surface area contributed by atoms with Crippen molar-refractivity contribution in [1.29, 1.82) is 0 Å². The van der Waals surface area contributed by atoms with Gasteiger partial charge in [0.25, 0.3) is 0 Å². The van der Waals surface area contributed by atoms with Crippen molar-refractivity contribution in [3.8, 4) is 0 Å². The topological polar surface area (TPSA) is 41.9 Å². The van der Waals surface area contributed by atoms with Gasteiger partial charge in [-0.05, 0) is 37.3 Å². The van der Waals surface area contributed by atoms with Crippen LogP contribution in [0.15, 0.2) is 30.5 Å². The summed E-state index contributed by atoms with van der Waals surface area (Å²) in [6.07, 6.45) is 1.98. The van der Waals surface area contributed by atoms with Crippen LogP contribution in [0.5, 0.6) is 0 Å². The molecule has 0 radical (unpaired) electrons. The van der Waals surface area contributed by atoms with Gasteiger partial charge in [0.1, 0.15) is 0 Å². The van der Waals surface area contributed by atoms with Crippen LogP contribution in [0.1, 0.15) is 11.3 Å². The lowest BCUT2D eigenvalue weighted by atomic mass is 10.3. The number of aromatic nitrogens is 2. The third-order valence-electron chi connectivity index (χ3n) is 2.64. The highest BCUT2D eigenvalue weighted by Gasteiger charge is 2.04. The monoisotopic (exact) mass is 294 g/mol. The third kappa shape index (κ3) is 3.94. The SMILES string of the molecule is Cc1nn(C)cc1CNC(=S)Nc1cccc(Cl)c1. The van der Waals surface area contributed by atoms with Gasteiger partial charge in [-0.25, -0.2) is 0 Å². The van der Waals surface area contributed by atoms with Crippen molar-refractivity contribution in [3.05, 3.63) is 46.7 Å². The van der Waals surface area contributed by atoms with Crippen molar-refractivity contribution in [3.63, 3.8) is 0 Å². The number of nitrogens with one attached hydrogen (secondary N) is 2. The number of rotatable bonds is 3. The van der Waals surface area contributed by atoms with Crippen molar-refractivity contribution in [2.75, 3.05) is 5.32 Å². The molecule has 0 spiro atoms. The number of thiocarbonyl (C=S) groups is 1. The van der Waals surface area contributed by atoms with Crippen molar-refractivity contribution in [1.82, 2.24) is 15.1 Å². The number of halogens is 1. The molecule has 6 heteroatoms. The smallest absolute Gasteiger partial charge is 0.171 e. The second kappa shape index (κ2) is 6.04. The molecule has 0 fully saturated rings. The zero-order valence-electron chi connectivity index (χ0n) is 10.8. The van der Waals surface area contributed by atoms with E-state index < -0.39 is 0 Å². The maximum Gasteiger partial charge on any atom is 0.171 e. The van der Waals surface area contributed by atoms with Crippen molar-refractivity contribution in [2.45, 2.75) is 13.5 Å². The minimum atomic E-state index is 0.561. The molecule has 19 heavy (non-hydrogen) atoms. The van der Waals surface area contributed by atoms with Crippen LogP contribution in [0.2, 0.25) is 5.02 Å². The predicted octanol–water partition coefficient (Wildman–Crippen LogP) is 2.87. The van der Waals surface area contributed by atoms with E-state index >= 15 is 0 Å². The van der Waals surface area contributed by atoms with Gasteiger partial charge < -0.3 is 10.6 Å². The number of nitrogens with zero attached hydrogens (tertiary/aromatic N) is 2. The molecule has 2 rings (SSSR count). The fourth-order valence-corrected chi connectivity index (χ4v) is 2.12. The predicted molar refractivity (Wildman–Crippen MR) is 82.5 cm³/mol. The molecular weight excluding hydrogens is 280 g/mol. The van der Waals surface area contributed by atoms with E-state index in [1.165, 1.54) is 0 Å². The number of hydrogen-bond donors (Lipinski definition) is 2. The number of benzene rings is 1. The van der Waals surface area contributed by atoms with Crippen LogP contribution in [0.25, 0.3) is 0 Å². The first-order valence-electron chi connectivity index (χ1n) is 5.84. The first-order chi connectivity index (χ1) is 9.04. The van der Waals surface area contributed by atoms with Gasteiger partial charge in [-0.2, -0.15) is 5.10 Å². The summed E-state index contributed by atoms with van der Waals surface area (Å²) in [7, 11) is 1.90. The summed E-state index contributed by atoms with van der Waals surface area (Å²) in [5.41, 5.74) is 2.99. The first kappa shape index (κ1) is 13.8. The highest BCUT2D eigenvalue weighted by Crippen LogP contribution is 2.14. The van der Waals surface area contributed by atoms with E-state index in [0.29, 0.717) is 16.7 Å². The first-order valence-corrected chi connectivity index (χ1v) is 6.63. The van der Waals surface area contributed by atoms with Crippen molar-refractivity contribution < 1.29 is 0 Å². The normalized spacial score (nSPS) is 10.3. The Hall–Kier alpha value is -1.59. The Balaban J connectivity index is 1.90. The molecule has 100 valence electrons. The van der Waals surface area contributed by atoms with Gasteiger partial charge in [-0.15, -0.1) is 0 Å². The summed E-state index contributed by atoms with van der Waals surface area (Å²) in [4.78, 5) is 0. The molecule has 2 N–H and O–H groups in total. The van der Waals surface area contributed by atoms with Gasteiger partial charge in [0.2, 0.25) is 0 Å². The van der Waals surface area contributed by atoms with Crippen LogP contribution >= 0.6 is 23.8 Å². The van der Waals surface area contributed by atoms with Gasteiger partial charge in [0.05, 0.1) is 5.69 Å². The van der Waals surface area contributed by atoms with E-state index in [1.807, 2.05) is 44.4 Å². The van der Waals surface area contributed by atoms with Crippen LogP contribution in [-0.2, 0) is 13.6 Å². The Labute approximate surface area is 122 Å². The molecule has 4 nitrogen and oxygen atoms in total. The van der Waals surface area contributed by atoms with Crippen molar-refractivity contribution in [2.24, 2.45) is 7.05 Å². The number of aryl methyl sites for hydroxylation is 2. The second-order valence-corrected chi connectivity index (χ2v) is 5.08. The Bertz CT molecular complexity index is 594. The summed E-state index contributed by atoms with van der Waals surface area (Å²) in [6, 6.07) is 7.43. The standard InChI is InChI=1S/C13H15ClN4S/c1-9-10(8-18(2)17-9)7-15-13(19)16-12-5-3-4-11(14)6-12/h3-6,8H,7H2,1-2H3,(H2,15,16,19). The largest absolute Gasteiger partial charge is 0.358 e. The minimum absolute atomic E-state index is 0.561. The maximum absolute atomic E-state index is 5.91. The zero-order valence-corrected chi connectivity index (χ0v) is 12.3. The fraction of sp³-hybridized carbons (Fsp3) is 0.231. The van der Waals surface area contributed by atoms with Crippen LogP contribution in [-0.4, -0.2) is 14.9 Å². The lowest BCUT2D eigenvalue weighted by Crippen LogP contribution is -2.27. The molecule has 0 aliphatic rings. The lowest BCUT2D eigenvalue weighted by molar-refractivity contribution is 0.756. The molecule has 0 aliphatic heterocycles. The van der Waals surface area contributed by atoms with E-state index in [9.17, 15) is 0 Å². The zero-order chi connectivity index (χ0) is 13.8. The molecular formula is C13H15ClN4S. The quantitative estimate of drug-likeness (QED) is 0.854. The summed E-state index contributed by atoms with van der Waals surface area (Å²) in [5.74, 6) is 0. The Morgan fingerprint density at radius 1 is 1.47 bits per heavy atom. The lowest BCUT2D eigenvalue weighted by Gasteiger charge is -2.10. The Morgan fingerprint density at radius 2 is 2.26 bits per heavy atom. The maximum atomic E-state index is 5.91. The van der Waals surface area contributed by atoms with Crippen LogP contribution < -0.4 is 10.6 Å². The van der Waals surface area contributed by atoms with Crippen LogP contribution in [0, 0.1) is 6.92 Å². The third-order valence-corrected chi connectivity index (χ3v) is 3.12. The average molecular weight is 295 g/mol. The highest BCUT2D eigenvalue weighted by molar-refractivity contribution is 7.80. The van der Waals surface area contributed by atoms with Crippen LogP contribution in [0.4, 0.5) is 5.69 Å². The molecule has 2 aromatic rings. The van der Waals surface area contributed by atoms with E-state index in [4.69, 9.17) is 23.8 Å². The Kier molecular flexibility index (Phi) is 4.39. The molecule has 0 amide bonds. The molecule has 0 unspecified atom stereocenters. The Morgan fingerprint density at radius 3 is 2.89 bits per heavy atom. The average Bonchev–Trinajstić information content (AvgIpc) is 2.65. The molecule has 0 saturated carbocycles. The molecule has 0 bridgehead atoms. The summed E-state index contributed by atoms with van der Waals surface area (Å²) in [6.45, 7) is 2.62. The summed E-state index contributed by atoms with van der Waals surface area (Å²) < 4.78 is 1.79. The minimum Gasteiger partial charge on any atom is -0.358 e. The van der Waals surface area contributed by atoms with E-state index in [0.717, 1.165) is 16.9 Å². The van der Waals surface area contributed by atoms with Crippen LogP contribution in [0.3, 0.4) is 0 Å². The molecule has 0 atom stereocenters. The van der Waals surface area contributed by atoms with Gasteiger partial charge in [-0.1, -0.05) is 17.7 Å². The molecule has 1 aromatic carbocycles. The number of hydrogen-bond acceptors (Lipinski definition) is 2. The summed E-state index contributed by atoms with van der Waals surface area (Å²) >= 11 is 11.1. The van der Waals surface area contributed by atoms with E-state index in [-0.39, 0.29) is 0 Å². The molecule has 0 saturated heterocycles. The van der Waals surface area contributed by atoms with Crippen molar-refractivity contribution >= 4 is 34.6 Å². The summed E-state index contributed by atoms with van der Waals surface area (Å²) in [5, 5.41) is 11.8. The molecule has 1 aromatic heterocycles. The number of anilines is 1. The van der Waals surface area contributed by atoms with Gasteiger partial charge in [0, 0.05) is 36.1 Å². The van der Waals surface area contributed by atoms with Gasteiger partial charge >= 0.3 is 0 Å². The van der Waals surface area contributed by atoms with Gasteiger partial charge in [-0.3, -0.25) is 4.68 Å². The molecule has 0 aliphatic carbocycles. The highest BCUT2D eigenvalue weighted by atomic mass is 35.5. The van der Waals surface area contributed by atoms with E-state index in [2.05, 4.69) is 15.7 Å². The molecule has 1 heterocycles. The second-order valence-electron chi connectivity index (χ2n) is 4.23. The fourth-order valence-electron chi connectivity index (χ4n) is 1.74.